The van der Waals surface area contributed by atoms with Crippen LogP contribution in [0.1, 0.15) is 25.0 Å². The SMILES string of the molecule is C=S1c2cc(NC(C)=O)ccc2Cc2ccc(NC(C)=O)cc21. The maximum atomic E-state index is 11.2. The number of carbonyl (C=O) groups excluding carboxylic acids is 2. The Morgan fingerprint density at radius 2 is 1.35 bits per heavy atom. The predicted molar refractivity (Wildman–Crippen MR) is 95.5 cm³/mol. The van der Waals surface area contributed by atoms with Crippen molar-refractivity contribution < 1.29 is 9.59 Å². The van der Waals surface area contributed by atoms with Crippen LogP contribution in [0.3, 0.4) is 0 Å². The molecule has 0 aliphatic carbocycles. The van der Waals surface area contributed by atoms with Crippen molar-refractivity contribution in [2.75, 3.05) is 10.6 Å². The molecule has 1 heterocycles. The van der Waals surface area contributed by atoms with E-state index >= 15 is 0 Å². The third-order valence-electron chi connectivity index (χ3n) is 3.69. The number of fused-ring (bicyclic) bond motifs is 2. The van der Waals surface area contributed by atoms with Crippen LogP contribution in [0.5, 0.6) is 0 Å². The van der Waals surface area contributed by atoms with Gasteiger partial charge in [0.15, 0.2) is 0 Å². The zero-order chi connectivity index (χ0) is 16.6. The summed E-state index contributed by atoms with van der Waals surface area (Å²) in [6, 6.07) is 12.0. The van der Waals surface area contributed by atoms with Gasteiger partial charge in [-0.3, -0.25) is 9.59 Å². The first kappa shape index (κ1) is 15.5. The summed E-state index contributed by atoms with van der Waals surface area (Å²) in [6.45, 7) is 3.00. The fourth-order valence-electron chi connectivity index (χ4n) is 2.75. The van der Waals surface area contributed by atoms with E-state index in [1.54, 1.807) is 0 Å². The van der Waals surface area contributed by atoms with E-state index in [1.165, 1.54) is 25.0 Å². The fraction of sp³-hybridized carbons (Fsp3) is 0.167. The molecule has 4 nitrogen and oxygen atoms in total. The van der Waals surface area contributed by atoms with Crippen LogP contribution in [-0.4, -0.2) is 17.7 Å². The van der Waals surface area contributed by atoms with E-state index in [0.29, 0.717) is 0 Å². The fourth-order valence-corrected chi connectivity index (χ4v) is 4.43. The topological polar surface area (TPSA) is 58.2 Å². The number of anilines is 2. The van der Waals surface area contributed by atoms with E-state index in [0.717, 1.165) is 27.6 Å². The third-order valence-corrected chi connectivity index (χ3v) is 5.51. The van der Waals surface area contributed by atoms with E-state index in [-0.39, 0.29) is 22.3 Å². The highest BCUT2D eigenvalue weighted by molar-refractivity contribution is 8.14. The molecule has 0 spiro atoms. The van der Waals surface area contributed by atoms with E-state index < -0.39 is 0 Å². The van der Waals surface area contributed by atoms with Crippen LogP contribution in [0.15, 0.2) is 46.2 Å². The molecular formula is C18H18N2O2S. The van der Waals surface area contributed by atoms with E-state index in [4.69, 9.17) is 0 Å². The summed E-state index contributed by atoms with van der Waals surface area (Å²) in [6.07, 6.45) is 0.838. The summed E-state index contributed by atoms with van der Waals surface area (Å²) in [5.41, 5.74) is 4.05. The van der Waals surface area contributed by atoms with Gasteiger partial charge in [0.1, 0.15) is 0 Å². The maximum Gasteiger partial charge on any atom is 0.221 e. The first-order chi connectivity index (χ1) is 10.9. The number of benzene rings is 2. The molecule has 2 N–H and O–H groups in total. The summed E-state index contributed by atoms with van der Waals surface area (Å²) in [4.78, 5) is 24.8. The first-order valence-electron chi connectivity index (χ1n) is 7.29. The highest BCUT2D eigenvalue weighted by atomic mass is 32.2. The van der Waals surface area contributed by atoms with Gasteiger partial charge in [0.2, 0.25) is 11.8 Å². The molecule has 0 bridgehead atoms. The Labute approximate surface area is 137 Å². The van der Waals surface area contributed by atoms with Gasteiger partial charge in [-0.15, -0.1) is 10.5 Å². The normalized spacial score (nSPS) is 13.0. The molecule has 5 heteroatoms. The smallest absolute Gasteiger partial charge is 0.221 e. The molecule has 0 atom stereocenters. The quantitative estimate of drug-likeness (QED) is 0.707. The second kappa shape index (κ2) is 6.01. The number of rotatable bonds is 2. The minimum atomic E-state index is -0.343. The monoisotopic (exact) mass is 326 g/mol. The van der Waals surface area contributed by atoms with Gasteiger partial charge in [-0.2, -0.15) is 0 Å². The van der Waals surface area contributed by atoms with Crippen LogP contribution >= 0.6 is 10.5 Å². The predicted octanol–water partition coefficient (Wildman–Crippen LogP) is 3.63. The maximum absolute atomic E-state index is 11.2. The summed E-state index contributed by atoms with van der Waals surface area (Å²) in [5.74, 6) is 4.15. The molecule has 0 fully saturated rings. The Kier molecular flexibility index (Phi) is 4.05. The number of hydrogen-bond acceptors (Lipinski definition) is 2. The molecule has 2 aromatic rings. The Morgan fingerprint density at radius 3 is 1.74 bits per heavy atom. The minimum absolute atomic E-state index is 0.0851. The lowest BCUT2D eigenvalue weighted by atomic mass is 10.0. The van der Waals surface area contributed by atoms with Gasteiger partial charge in [0.05, 0.1) is 0 Å². The highest BCUT2D eigenvalue weighted by Gasteiger charge is 2.19. The van der Waals surface area contributed by atoms with Gasteiger partial charge in [0, 0.05) is 35.0 Å². The lowest BCUT2D eigenvalue weighted by Gasteiger charge is -2.24. The average Bonchev–Trinajstić information content (AvgIpc) is 2.48. The second-order valence-corrected chi connectivity index (χ2v) is 7.24. The van der Waals surface area contributed by atoms with Crippen molar-refractivity contribution in [3.63, 3.8) is 0 Å². The molecule has 1 aliphatic rings. The van der Waals surface area contributed by atoms with Crippen molar-refractivity contribution in [3.05, 3.63) is 47.5 Å². The van der Waals surface area contributed by atoms with Crippen molar-refractivity contribution in [2.24, 2.45) is 0 Å². The zero-order valence-corrected chi connectivity index (χ0v) is 13.9. The van der Waals surface area contributed by atoms with E-state index in [1.807, 2.05) is 24.3 Å². The molecule has 0 aromatic heterocycles. The average molecular weight is 326 g/mol. The van der Waals surface area contributed by atoms with Crippen molar-refractivity contribution in [1.29, 1.82) is 0 Å². The van der Waals surface area contributed by atoms with Gasteiger partial charge in [-0.05, 0) is 41.8 Å². The molecule has 2 amide bonds. The second-order valence-electron chi connectivity index (χ2n) is 5.57. The summed E-state index contributed by atoms with van der Waals surface area (Å²) >= 11 is 0. The van der Waals surface area contributed by atoms with Crippen LogP contribution in [0.25, 0.3) is 0 Å². The largest absolute Gasteiger partial charge is 0.326 e. The molecule has 1 aliphatic heterocycles. The Bertz CT molecular complexity index is 775. The van der Waals surface area contributed by atoms with Gasteiger partial charge in [-0.25, -0.2) is 0 Å². The number of carbonyl (C=O) groups is 2. The molecule has 3 rings (SSSR count). The molecule has 0 radical (unpaired) electrons. The molecule has 23 heavy (non-hydrogen) atoms. The summed E-state index contributed by atoms with van der Waals surface area (Å²) in [7, 11) is -0.343. The van der Waals surface area contributed by atoms with Crippen molar-refractivity contribution in [3.8, 4) is 0 Å². The van der Waals surface area contributed by atoms with Crippen molar-refractivity contribution >= 4 is 39.5 Å². The van der Waals surface area contributed by atoms with Gasteiger partial charge < -0.3 is 10.6 Å². The minimum Gasteiger partial charge on any atom is -0.326 e. The highest BCUT2D eigenvalue weighted by Crippen LogP contribution is 2.45. The number of amides is 2. The molecular weight excluding hydrogens is 308 g/mol. The van der Waals surface area contributed by atoms with Crippen molar-refractivity contribution in [2.45, 2.75) is 30.1 Å². The molecule has 2 aromatic carbocycles. The molecule has 0 saturated carbocycles. The number of nitrogens with one attached hydrogen (secondary N) is 2. The van der Waals surface area contributed by atoms with Gasteiger partial charge >= 0.3 is 0 Å². The molecule has 0 unspecified atom stereocenters. The standard InChI is InChI=1S/C18H18N2O2S/c1-11(21)19-15-6-4-13-8-14-5-7-16(20-12(2)22)10-18(14)23(3)17(13)9-15/h4-7,9-10H,3,8H2,1-2H3,(H,19,21)(H,20,22). The van der Waals surface area contributed by atoms with E-state index in [2.05, 4.69) is 28.6 Å². The first-order valence-corrected chi connectivity index (χ1v) is 8.68. The van der Waals surface area contributed by atoms with Crippen LogP contribution in [0.2, 0.25) is 0 Å². The molecule has 0 saturated heterocycles. The van der Waals surface area contributed by atoms with Crippen molar-refractivity contribution in [1.82, 2.24) is 0 Å². The Hall–Kier alpha value is -2.40. The zero-order valence-electron chi connectivity index (χ0n) is 13.1. The van der Waals surface area contributed by atoms with Gasteiger partial charge in [-0.1, -0.05) is 18.0 Å². The summed E-state index contributed by atoms with van der Waals surface area (Å²) < 4.78 is 0. The number of hydrogen-bond donors (Lipinski definition) is 2. The van der Waals surface area contributed by atoms with Crippen LogP contribution in [0.4, 0.5) is 11.4 Å². The Morgan fingerprint density at radius 1 is 0.913 bits per heavy atom. The lowest BCUT2D eigenvalue weighted by Crippen LogP contribution is -2.09. The van der Waals surface area contributed by atoms with Gasteiger partial charge in [0.25, 0.3) is 0 Å². The van der Waals surface area contributed by atoms with Crippen LogP contribution < -0.4 is 10.6 Å². The lowest BCUT2D eigenvalue weighted by molar-refractivity contribution is -0.115. The third kappa shape index (κ3) is 3.19. The molecule has 118 valence electrons. The summed E-state index contributed by atoms with van der Waals surface area (Å²) in [5, 5.41) is 5.64. The van der Waals surface area contributed by atoms with Crippen LogP contribution in [0, 0.1) is 0 Å². The van der Waals surface area contributed by atoms with Crippen LogP contribution in [-0.2, 0) is 16.0 Å². The Balaban J connectivity index is 2.00. The van der Waals surface area contributed by atoms with E-state index in [9.17, 15) is 9.59 Å².